The number of urea groups is 1. The summed E-state index contributed by atoms with van der Waals surface area (Å²) in [6.45, 7) is 8.52. The molecule has 2 atom stereocenters. The summed E-state index contributed by atoms with van der Waals surface area (Å²) in [4.78, 5) is 28.8. The average Bonchev–Trinajstić information content (AvgIpc) is 2.78. The number of hydrogen-bond acceptors (Lipinski definition) is 6. The molecule has 154 valence electrons. The van der Waals surface area contributed by atoms with Crippen molar-refractivity contribution in [3.8, 4) is 0 Å². The highest BCUT2D eigenvalue weighted by atomic mass is 32.3. The maximum Gasteiger partial charge on any atom is 0.418 e. The van der Waals surface area contributed by atoms with Crippen LogP contribution in [0.4, 0.5) is 4.79 Å². The summed E-state index contributed by atoms with van der Waals surface area (Å²) in [7, 11) is -4.78. The number of nitrogens with zero attached hydrogens (tertiary/aromatic N) is 3. The van der Waals surface area contributed by atoms with Crippen LogP contribution < -0.4 is 5.32 Å². The molecule has 0 aromatic carbocycles. The van der Waals surface area contributed by atoms with Crippen molar-refractivity contribution in [1.82, 2.24) is 20.2 Å². The first kappa shape index (κ1) is 20.3. The third-order valence-electron chi connectivity index (χ3n) is 5.59. The summed E-state index contributed by atoms with van der Waals surface area (Å²) in [5, 5.41) is 3.70. The molecule has 0 saturated carbocycles. The normalized spacial score (nSPS) is 27.9. The molecule has 3 heterocycles. The molecule has 10 nitrogen and oxygen atoms in total. The summed E-state index contributed by atoms with van der Waals surface area (Å²) >= 11 is 0. The molecule has 3 rings (SSSR count). The van der Waals surface area contributed by atoms with Crippen LogP contribution in [0.15, 0.2) is 0 Å². The number of rotatable bonds is 4. The van der Waals surface area contributed by atoms with Gasteiger partial charge in [0.15, 0.2) is 0 Å². The number of carbonyl (C=O) groups is 2. The Balaban J connectivity index is 1.57. The number of piperidine rings is 2. The molecule has 0 aromatic heterocycles. The van der Waals surface area contributed by atoms with Gasteiger partial charge in [0.2, 0.25) is 5.91 Å². The molecule has 27 heavy (non-hydrogen) atoms. The number of likely N-dealkylation sites (tertiary alicyclic amines) is 1. The minimum atomic E-state index is -4.78. The fourth-order valence-electron chi connectivity index (χ4n) is 4.10. The van der Waals surface area contributed by atoms with Gasteiger partial charge < -0.3 is 10.2 Å². The molecule has 0 aliphatic carbocycles. The topological polar surface area (TPSA) is 119 Å². The van der Waals surface area contributed by atoms with Crippen molar-refractivity contribution in [2.24, 2.45) is 0 Å². The Morgan fingerprint density at radius 3 is 2.37 bits per heavy atom. The lowest BCUT2D eigenvalue weighted by Crippen LogP contribution is -2.55. The Bertz CT molecular complexity index is 698. The van der Waals surface area contributed by atoms with Crippen LogP contribution >= 0.6 is 0 Å². The number of hydroxylamine groups is 2. The van der Waals surface area contributed by atoms with Gasteiger partial charge >= 0.3 is 16.4 Å². The second-order valence-electron chi connectivity index (χ2n) is 8.45. The first-order valence-electron chi connectivity index (χ1n) is 9.28. The van der Waals surface area contributed by atoms with Crippen LogP contribution in [0, 0.1) is 0 Å². The number of nitrogens with one attached hydrogen (secondary N) is 1. The lowest BCUT2D eigenvalue weighted by atomic mass is 9.96. The van der Waals surface area contributed by atoms with Gasteiger partial charge in [0, 0.05) is 31.2 Å². The van der Waals surface area contributed by atoms with E-state index in [2.05, 4.69) is 35.3 Å². The van der Waals surface area contributed by atoms with E-state index >= 15 is 0 Å². The van der Waals surface area contributed by atoms with Crippen molar-refractivity contribution in [1.29, 1.82) is 0 Å². The molecule has 0 aromatic rings. The van der Waals surface area contributed by atoms with Crippen molar-refractivity contribution >= 4 is 22.3 Å². The predicted octanol–water partition coefficient (Wildman–Crippen LogP) is 0.369. The molecule has 0 spiro atoms. The molecule has 2 bridgehead atoms. The number of hydrogen-bond donors (Lipinski definition) is 2. The third kappa shape index (κ3) is 4.53. The molecule has 3 fully saturated rings. The van der Waals surface area contributed by atoms with Gasteiger partial charge in [-0.25, -0.2) is 4.79 Å². The van der Waals surface area contributed by atoms with Crippen LogP contribution in [0.2, 0.25) is 0 Å². The van der Waals surface area contributed by atoms with Crippen molar-refractivity contribution < 1.29 is 26.8 Å². The van der Waals surface area contributed by atoms with Gasteiger partial charge in [0.05, 0.1) is 6.04 Å². The van der Waals surface area contributed by atoms with Crippen LogP contribution in [-0.4, -0.2) is 83.1 Å². The Hall–Kier alpha value is -1.43. The Morgan fingerprint density at radius 1 is 1.19 bits per heavy atom. The van der Waals surface area contributed by atoms with E-state index in [0.717, 1.165) is 25.9 Å². The van der Waals surface area contributed by atoms with E-state index in [9.17, 15) is 18.0 Å². The lowest BCUT2D eigenvalue weighted by Gasteiger charge is -2.41. The van der Waals surface area contributed by atoms with Crippen molar-refractivity contribution in [2.75, 3.05) is 19.6 Å². The van der Waals surface area contributed by atoms with Crippen molar-refractivity contribution in [2.45, 2.75) is 70.1 Å². The van der Waals surface area contributed by atoms with Crippen LogP contribution in [0.1, 0.15) is 46.5 Å². The first-order valence-corrected chi connectivity index (χ1v) is 10.6. The third-order valence-corrected chi connectivity index (χ3v) is 5.94. The van der Waals surface area contributed by atoms with Gasteiger partial charge in [-0.3, -0.25) is 14.2 Å². The van der Waals surface area contributed by atoms with E-state index in [-0.39, 0.29) is 24.0 Å². The predicted molar refractivity (Wildman–Crippen MR) is 95.9 cm³/mol. The van der Waals surface area contributed by atoms with E-state index < -0.39 is 28.5 Å². The van der Waals surface area contributed by atoms with Crippen LogP contribution in [0.25, 0.3) is 0 Å². The van der Waals surface area contributed by atoms with Gasteiger partial charge in [-0.2, -0.15) is 13.5 Å². The highest BCUT2D eigenvalue weighted by Gasteiger charge is 2.49. The standard InChI is InChI=1S/C16H28N4O6S/c1-16(2,3)18-8-6-11(7-9-18)17-14(21)13-5-4-12-10-19(13)15(22)20(12)26-27(23,24)25/h11-13H,4-10H2,1-3H3,(H,17,21)(H,23,24,25)/t12-,13+/m1/s1. The summed E-state index contributed by atoms with van der Waals surface area (Å²) < 4.78 is 35.1. The average molecular weight is 404 g/mol. The van der Waals surface area contributed by atoms with Crippen LogP contribution in [-0.2, 0) is 19.5 Å². The fraction of sp³-hybridized carbons (Fsp3) is 0.875. The number of amides is 3. The Morgan fingerprint density at radius 2 is 1.81 bits per heavy atom. The molecule has 11 heteroatoms. The molecule has 3 aliphatic heterocycles. The molecule has 0 radical (unpaired) electrons. The van der Waals surface area contributed by atoms with Gasteiger partial charge in [-0.05, 0) is 46.5 Å². The van der Waals surface area contributed by atoms with E-state index in [1.807, 2.05) is 0 Å². The van der Waals surface area contributed by atoms with Crippen molar-refractivity contribution in [3.05, 3.63) is 0 Å². The number of carbonyl (C=O) groups excluding carboxylic acids is 2. The fourth-order valence-corrected chi connectivity index (χ4v) is 4.48. The van der Waals surface area contributed by atoms with Crippen LogP contribution in [0.5, 0.6) is 0 Å². The van der Waals surface area contributed by atoms with Gasteiger partial charge in [0.25, 0.3) is 0 Å². The van der Waals surface area contributed by atoms with Gasteiger partial charge in [-0.1, -0.05) is 0 Å². The molecule has 3 aliphatic rings. The zero-order valence-electron chi connectivity index (χ0n) is 15.9. The maximum absolute atomic E-state index is 12.7. The monoisotopic (exact) mass is 404 g/mol. The Kier molecular flexibility index (Phi) is 5.41. The highest BCUT2D eigenvalue weighted by molar-refractivity contribution is 7.80. The van der Waals surface area contributed by atoms with Crippen LogP contribution in [0.3, 0.4) is 0 Å². The highest BCUT2D eigenvalue weighted by Crippen LogP contribution is 2.31. The quantitative estimate of drug-likeness (QED) is 0.650. The molecule has 2 N–H and O–H groups in total. The lowest BCUT2D eigenvalue weighted by molar-refractivity contribution is -0.127. The van der Waals surface area contributed by atoms with Crippen molar-refractivity contribution in [3.63, 3.8) is 0 Å². The summed E-state index contributed by atoms with van der Waals surface area (Å²) in [6.07, 6.45) is 2.56. The second-order valence-corrected chi connectivity index (χ2v) is 9.46. The largest absolute Gasteiger partial charge is 0.418 e. The number of fused-ring (bicyclic) bond motifs is 2. The van der Waals surface area contributed by atoms with Gasteiger partial charge in [-0.15, -0.1) is 4.28 Å². The van der Waals surface area contributed by atoms with E-state index in [1.165, 1.54) is 4.90 Å². The Labute approximate surface area is 159 Å². The van der Waals surface area contributed by atoms with E-state index in [0.29, 0.717) is 17.9 Å². The molecule has 3 saturated heterocycles. The maximum atomic E-state index is 12.7. The SMILES string of the molecule is CC(C)(C)N1CCC(NC(=O)[C@@H]2CC[C@@H]3CN2C(=O)N3OS(=O)(=O)O)CC1. The minimum Gasteiger partial charge on any atom is -0.351 e. The van der Waals surface area contributed by atoms with Gasteiger partial charge in [0.1, 0.15) is 6.04 Å². The zero-order valence-corrected chi connectivity index (χ0v) is 16.7. The molecule has 0 unspecified atom stereocenters. The van der Waals surface area contributed by atoms with E-state index in [4.69, 9.17) is 4.55 Å². The molecule has 3 amide bonds. The molecular weight excluding hydrogens is 376 g/mol. The minimum absolute atomic E-state index is 0.0664. The molecular formula is C16H28N4O6S. The second kappa shape index (κ2) is 7.19. The smallest absolute Gasteiger partial charge is 0.351 e. The summed E-state index contributed by atoms with van der Waals surface area (Å²) in [5.74, 6) is -0.218. The zero-order chi connectivity index (χ0) is 20.0. The van der Waals surface area contributed by atoms with E-state index in [1.54, 1.807) is 0 Å². The summed E-state index contributed by atoms with van der Waals surface area (Å²) in [6, 6.07) is -1.78. The first-order chi connectivity index (χ1) is 12.5. The summed E-state index contributed by atoms with van der Waals surface area (Å²) in [5.41, 5.74) is 0.103.